The number of phenols is 1. The first kappa shape index (κ1) is 10.3. The average Bonchev–Trinajstić information content (AvgIpc) is 2.13. The minimum absolute atomic E-state index is 0.167. The van der Waals surface area contributed by atoms with E-state index in [0.717, 1.165) is 6.42 Å². The molecule has 0 radical (unpaired) electrons. The smallest absolute Gasteiger partial charge is 0.117 e. The number of phenolic OH excluding ortho intramolecular Hbond substituents is 1. The Hall–Kier alpha value is -1.18. The molecule has 0 aliphatic carbocycles. The van der Waals surface area contributed by atoms with Crippen LogP contribution in [-0.4, -0.2) is 17.7 Å². The second-order valence-electron chi connectivity index (χ2n) is 5.22. The lowest BCUT2D eigenvalue weighted by molar-refractivity contribution is 0.393. The van der Waals surface area contributed by atoms with Crippen molar-refractivity contribution < 1.29 is 5.11 Å². The van der Waals surface area contributed by atoms with Gasteiger partial charge < -0.3 is 10.0 Å². The predicted molar refractivity (Wildman–Crippen MR) is 63.6 cm³/mol. The van der Waals surface area contributed by atoms with Crippen molar-refractivity contribution in [3.05, 3.63) is 23.8 Å². The molecule has 0 saturated heterocycles. The van der Waals surface area contributed by atoms with E-state index in [2.05, 4.69) is 32.7 Å². The van der Waals surface area contributed by atoms with Crippen LogP contribution in [0.2, 0.25) is 0 Å². The summed E-state index contributed by atoms with van der Waals surface area (Å²) >= 11 is 0. The van der Waals surface area contributed by atoms with E-state index < -0.39 is 0 Å². The van der Waals surface area contributed by atoms with Crippen molar-refractivity contribution in [2.75, 3.05) is 11.9 Å². The highest BCUT2D eigenvalue weighted by Gasteiger charge is 2.33. The number of hydrogen-bond donors (Lipinski definition) is 1. The molecule has 1 aromatic rings. The molecule has 15 heavy (non-hydrogen) atoms. The summed E-state index contributed by atoms with van der Waals surface area (Å²) in [5, 5.41) is 9.54. The lowest BCUT2D eigenvalue weighted by Gasteiger charge is -2.45. The predicted octanol–water partition coefficient (Wildman–Crippen LogP) is 3.11. The zero-order valence-corrected chi connectivity index (χ0v) is 9.91. The molecule has 1 N–H and O–H groups in total. The van der Waals surface area contributed by atoms with Gasteiger partial charge in [0.15, 0.2) is 0 Å². The third kappa shape index (κ3) is 1.58. The van der Waals surface area contributed by atoms with E-state index in [1.54, 1.807) is 6.07 Å². The van der Waals surface area contributed by atoms with Crippen molar-refractivity contribution in [3.63, 3.8) is 0 Å². The van der Waals surface area contributed by atoms with E-state index in [4.69, 9.17) is 0 Å². The molecule has 0 spiro atoms. The van der Waals surface area contributed by atoms with Crippen LogP contribution in [0.3, 0.4) is 0 Å². The summed E-state index contributed by atoms with van der Waals surface area (Å²) in [6, 6.07) is 5.69. The Morgan fingerprint density at radius 2 is 2.07 bits per heavy atom. The molecular formula is C13H19NO. The molecule has 1 aromatic carbocycles. The van der Waals surface area contributed by atoms with E-state index in [9.17, 15) is 5.11 Å². The molecule has 1 atom stereocenters. The molecule has 0 aromatic heterocycles. The SMILES string of the molecule is C[C@H]1CC(C)(C)N(C)c2cc(O)ccc21. The fourth-order valence-electron chi connectivity index (χ4n) is 2.56. The van der Waals surface area contributed by atoms with Crippen molar-refractivity contribution in [3.8, 4) is 5.75 Å². The highest BCUT2D eigenvalue weighted by molar-refractivity contribution is 5.61. The maximum atomic E-state index is 9.54. The van der Waals surface area contributed by atoms with Crippen molar-refractivity contribution in [1.29, 1.82) is 0 Å². The maximum absolute atomic E-state index is 9.54. The van der Waals surface area contributed by atoms with Gasteiger partial charge in [-0.05, 0) is 37.8 Å². The zero-order valence-electron chi connectivity index (χ0n) is 9.91. The van der Waals surface area contributed by atoms with Crippen molar-refractivity contribution in [1.82, 2.24) is 0 Å². The zero-order chi connectivity index (χ0) is 11.2. The molecule has 2 heteroatoms. The van der Waals surface area contributed by atoms with E-state index >= 15 is 0 Å². The van der Waals surface area contributed by atoms with E-state index in [0.29, 0.717) is 11.7 Å². The van der Waals surface area contributed by atoms with Gasteiger partial charge >= 0.3 is 0 Å². The average molecular weight is 205 g/mol. The normalized spacial score (nSPS) is 23.7. The summed E-state index contributed by atoms with van der Waals surface area (Å²) < 4.78 is 0. The Morgan fingerprint density at radius 3 is 2.73 bits per heavy atom. The van der Waals surface area contributed by atoms with Crippen LogP contribution in [0.5, 0.6) is 5.75 Å². The lowest BCUT2D eigenvalue weighted by Crippen LogP contribution is -2.45. The van der Waals surface area contributed by atoms with Crippen LogP contribution in [0.1, 0.15) is 38.7 Å². The number of anilines is 1. The van der Waals surface area contributed by atoms with Crippen LogP contribution >= 0.6 is 0 Å². The monoisotopic (exact) mass is 205 g/mol. The summed E-state index contributed by atoms with van der Waals surface area (Å²) in [7, 11) is 2.10. The fourth-order valence-corrected chi connectivity index (χ4v) is 2.56. The maximum Gasteiger partial charge on any atom is 0.117 e. The molecule has 0 fully saturated rings. The molecular weight excluding hydrogens is 186 g/mol. The summed E-state index contributed by atoms with van der Waals surface area (Å²) in [4.78, 5) is 2.27. The van der Waals surface area contributed by atoms with Crippen LogP contribution in [0.4, 0.5) is 5.69 Å². The highest BCUT2D eigenvalue weighted by atomic mass is 16.3. The Balaban J connectivity index is 2.55. The number of fused-ring (bicyclic) bond motifs is 1. The first-order valence-electron chi connectivity index (χ1n) is 5.48. The van der Waals surface area contributed by atoms with Crippen LogP contribution < -0.4 is 4.90 Å². The Morgan fingerprint density at radius 1 is 1.40 bits per heavy atom. The standard InChI is InChI=1S/C13H19NO/c1-9-8-13(2,3)14(4)12-7-10(15)5-6-11(9)12/h5-7,9,15H,8H2,1-4H3/t9-/m0/s1. The quantitative estimate of drug-likeness (QED) is 0.703. The number of benzene rings is 1. The topological polar surface area (TPSA) is 23.5 Å². The van der Waals surface area contributed by atoms with Gasteiger partial charge in [0.1, 0.15) is 5.75 Å². The molecule has 82 valence electrons. The van der Waals surface area contributed by atoms with Gasteiger partial charge in [0.05, 0.1) is 0 Å². The number of rotatable bonds is 0. The third-order valence-corrected chi connectivity index (χ3v) is 3.62. The molecule has 0 amide bonds. The Kier molecular flexibility index (Phi) is 2.18. The molecule has 1 aliphatic rings. The summed E-state index contributed by atoms with van der Waals surface area (Å²) in [5.74, 6) is 0.914. The van der Waals surface area contributed by atoms with Crippen molar-refractivity contribution in [2.45, 2.75) is 38.6 Å². The minimum Gasteiger partial charge on any atom is -0.508 e. The van der Waals surface area contributed by atoms with Crippen LogP contribution in [-0.2, 0) is 0 Å². The van der Waals surface area contributed by atoms with Gasteiger partial charge in [0.25, 0.3) is 0 Å². The fraction of sp³-hybridized carbons (Fsp3) is 0.538. The Labute approximate surface area is 91.5 Å². The van der Waals surface area contributed by atoms with Crippen LogP contribution in [0, 0.1) is 0 Å². The van der Waals surface area contributed by atoms with Gasteiger partial charge in [-0.3, -0.25) is 0 Å². The van der Waals surface area contributed by atoms with E-state index in [1.807, 2.05) is 12.1 Å². The van der Waals surface area contributed by atoms with Crippen LogP contribution in [0.25, 0.3) is 0 Å². The summed E-state index contributed by atoms with van der Waals surface area (Å²) in [5.41, 5.74) is 2.67. The van der Waals surface area contributed by atoms with Gasteiger partial charge in [-0.2, -0.15) is 0 Å². The molecule has 0 unspecified atom stereocenters. The lowest BCUT2D eigenvalue weighted by atomic mass is 9.80. The van der Waals surface area contributed by atoms with Gasteiger partial charge in [0.2, 0.25) is 0 Å². The first-order valence-corrected chi connectivity index (χ1v) is 5.48. The second kappa shape index (κ2) is 3.16. The molecule has 2 rings (SSSR count). The van der Waals surface area contributed by atoms with Gasteiger partial charge in [-0.15, -0.1) is 0 Å². The molecule has 1 aliphatic heterocycles. The van der Waals surface area contributed by atoms with Crippen LogP contribution in [0.15, 0.2) is 18.2 Å². The first-order chi connectivity index (χ1) is 6.92. The number of nitrogens with zero attached hydrogens (tertiary/aromatic N) is 1. The number of aromatic hydroxyl groups is 1. The summed E-state index contributed by atoms with van der Waals surface area (Å²) in [6.07, 6.45) is 1.15. The molecule has 0 bridgehead atoms. The van der Waals surface area contributed by atoms with Crippen molar-refractivity contribution >= 4 is 5.69 Å². The molecule has 2 nitrogen and oxygen atoms in total. The number of hydrogen-bond acceptors (Lipinski definition) is 2. The van der Waals surface area contributed by atoms with Gasteiger partial charge in [0, 0.05) is 24.3 Å². The van der Waals surface area contributed by atoms with Gasteiger partial charge in [-0.1, -0.05) is 13.0 Å². The van der Waals surface area contributed by atoms with E-state index in [-0.39, 0.29) is 5.54 Å². The van der Waals surface area contributed by atoms with Crippen molar-refractivity contribution in [2.24, 2.45) is 0 Å². The summed E-state index contributed by atoms with van der Waals surface area (Å²) in [6.45, 7) is 6.75. The minimum atomic E-state index is 0.167. The largest absolute Gasteiger partial charge is 0.508 e. The highest BCUT2D eigenvalue weighted by Crippen LogP contribution is 2.43. The third-order valence-electron chi connectivity index (χ3n) is 3.62. The molecule has 0 saturated carbocycles. The Bertz CT molecular complexity index is 384. The molecule has 1 heterocycles. The van der Waals surface area contributed by atoms with Gasteiger partial charge in [-0.25, -0.2) is 0 Å². The second-order valence-corrected chi connectivity index (χ2v) is 5.22. The van der Waals surface area contributed by atoms with E-state index in [1.165, 1.54) is 11.3 Å².